The number of nitrogens with zero attached hydrogens (tertiary/aromatic N) is 1. The van der Waals surface area contributed by atoms with E-state index in [-0.39, 0.29) is 0 Å². The van der Waals surface area contributed by atoms with Crippen LogP contribution < -0.4 is 0 Å². The molecule has 1 aliphatic carbocycles. The summed E-state index contributed by atoms with van der Waals surface area (Å²) in [5.41, 5.74) is 2.73. The molecular formula is C17H18FNO. The van der Waals surface area contributed by atoms with Gasteiger partial charge in [-0.2, -0.15) is 0 Å². The largest absolute Gasteiger partial charge is 0.381 e. The summed E-state index contributed by atoms with van der Waals surface area (Å²) < 4.78 is 13.3. The van der Waals surface area contributed by atoms with Gasteiger partial charge in [0.1, 0.15) is 11.4 Å². The van der Waals surface area contributed by atoms with Crippen molar-refractivity contribution in [2.24, 2.45) is 0 Å². The first kappa shape index (κ1) is 13.3. The van der Waals surface area contributed by atoms with Gasteiger partial charge in [0.25, 0.3) is 0 Å². The summed E-state index contributed by atoms with van der Waals surface area (Å²) in [6.07, 6.45) is 7.26. The molecule has 104 valence electrons. The minimum absolute atomic E-state index is 0.430. The SMILES string of the molecule is CC(O)(c1cncc(F)c1)c1ccc2c(c1)CCCC2. The lowest BCUT2D eigenvalue weighted by atomic mass is 9.84. The van der Waals surface area contributed by atoms with Gasteiger partial charge < -0.3 is 5.11 Å². The van der Waals surface area contributed by atoms with Crippen LogP contribution in [0.2, 0.25) is 0 Å². The molecule has 1 aromatic heterocycles. The lowest BCUT2D eigenvalue weighted by molar-refractivity contribution is 0.101. The third-order valence-electron chi connectivity index (χ3n) is 4.18. The molecule has 0 aliphatic heterocycles. The zero-order valence-corrected chi connectivity index (χ0v) is 11.6. The molecule has 1 aliphatic rings. The highest BCUT2D eigenvalue weighted by Gasteiger charge is 2.27. The fraction of sp³-hybridized carbons (Fsp3) is 0.353. The average molecular weight is 271 g/mol. The monoisotopic (exact) mass is 271 g/mol. The lowest BCUT2D eigenvalue weighted by Crippen LogP contribution is -2.24. The molecule has 1 N–H and O–H groups in total. The van der Waals surface area contributed by atoms with Crippen LogP contribution in [0.1, 0.15) is 42.0 Å². The molecule has 2 nitrogen and oxygen atoms in total. The fourth-order valence-corrected chi connectivity index (χ4v) is 2.88. The van der Waals surface area contributed by atoms with Crippen molar-refractivity contribution in [2.45, 2.75) is 38.2 Å². The Balaban J connectivity index is 2.02. The number of halogens is 1. The topological polar surface area (TPSA) is 33.1 Å². The Kier molecular flexibility index (Phi) is 3.30. The van der Waals surface area contributed by atoms with E-state index in [1.54, 1.807) is 6.92 Å². The predicted molar refractivity (Wildman–Crippen MR) is 76.0 cm³/mol. The van der Waals surface area contributed by atoms with Gasteiger partial charge in [0.05, 0.1) is 6.20 Å². The summed E-state index contributed by atoms with van der Waals surface area (Å²) in [6.45, 7) is 1.69. The molecule has 0 spiro atoms. The number of aryl methyl sites for hydroxylation is 2. The fourth-order valence-electron chi connectivity index (χ4n) is 2.88. The molecular weight excluding hydrogens is 253 g/mol. The zero-order chi connectivity index (χ0) is 14.2. The van der Waals surface area contributed by atoms with Crippen molar-refractivity contribution < 1.29 is 9.50 Å². The summed E-state index contributed by atoms with van der Waals surface area (Å²) in [5.74, 6) is -0.430. The quantitative estimate of drug-likeness (QED) is 0.908. The number of fused-ring (bicyclic) bond motifs is 1. The van der Waals surface area contributed by atoms with E-state index in [1.165, 1.54) is 36.2 Å². The maximum Gasteiger partial charge on any atom is 0.141 e. The van der Waals surface area contributed by atoms with Gasteiger partial charge in [-0.1, -0.05) is 18.2 Å². The van der Waals surface area contributed by atoms with Crippen LogP contribution in [0.15, 0.2) is 36.7 Å². The van der Waals surface area contributed by atoms with Gasteiger partial charge in [-0.15, -0.1) is 0 Å². The van der Waals surface area contributed by atoms with Crippen LogP contribution in [0.25, 0.3) is 0 Å². The maximum absolute atomic E-state index is 13.3. The Hall–Kier alpha value is -1.74. The number of rotatable bonds is 2. The molecule has 1 aromatic carbocycles. The van der Waals surface area contributed by atoms with Crippen molar-refractivity contribution in [1.82, 2.24) is 4.98 Å². The first-order chi connectivity index (χ1) is 9.57. The molecule has 1 unspecified atom stereocenters. The maximum atomic E-state index is 13.3. The molecule has 1 heterocycles. The van der Waals surface area contributed by atoms with E-state index in [4.69, 9.17) is 0 Å². The Morgan fingerprint density at radius 2 is 1.80 bits per heavy atom. The molecule has 0 bridgehead atoms. The van der Waals surface area contributed by atoms with Gasteiger partial charge in [-0.3, -0.25) is 4.98 Å². The lowest BCUT2D eigenvalue weighted by Gasteiger charge is -2.26. The van der Waals surface area contributed by atoms with Gasteiger partial charge in [0.15, 0.2) is 0 Å². The second-order valence-electron chi connectivity index (χ2n) is 5.65. The molecule has 0 radical (unpaired) electrons. The first-order valence-corrected chi connectivity index (χ1v) is 7.03. The number of pyridine rings is 1. The molecule has 0 saturated heterocycles. The van der Waals surface area contributed by atoms with Crippen LogP contribution in [-0.4, -0.2) is 10.1 Å². The number of aliphatic hydroxyl groups is 1. The predicted octanol–water partition coefficient (Wildman–Crippen LogP) is 3.36. The number of hydrogen-bond acceptors (Lipinski definition) is 2. The van der Waals surface area contributed by atoms with Gasteiger partial charge in [0.2, 0.25) is 0 Å². The van der Waals surface area contributed by atoms with E-state index in [2.05, 4.69) is 17.1 Å². The molecule has 1 atom stereocenters. The highest BCUT2D eigenvalue weighted by Crippen LogP contribution is 2.32. The van der Waals surface area contributed by atoms with Crippen LogP contribution >= 0.6 is 0 Å². The van der Waals surface area contributed by atoms with E-state index in [1.807, 2.05) is 6.07 Å². The summed E-state index contributed by atoms with van der Waals surface area (Å²) >= 11 is 0. The molecule has 0 amide bonds. The molecule has 3 heteroatoms. The van der Waals surface area contributed by atoms with Gasteiger partial charge in [0, 0.05) is 11.8 Å². The summed E-state index contributed by atoms with van der Waals surface area (Å²) in [5, 5.41) is 10.8. The van der Waals surface area contributed by atoms with Gasteiger partial charge in [-0.25, -0.2) is 4.39 Å². The highest BCUT2D eigenvalue weighted by molar-refractivity contribution is 5.40. The molecule has 2 aromatic rings. The zero-order valence-electron chi connectivity index (χ0n) is 11.6. The minimum Gasteiger partial charge on any atom is -0.381 e. The minimum atomic E-state index is -1.22. The van der Waals surface area contributed by atoms with Crippen molar-refractivity contribution in [2.75, 3.05) is 0 Å². The van der Waals surface area contributed by atoms with E-state index in [0.717, 1.165) is 24.6 Å². The summed E-state index contributed by atoms with van der Waals surface area (Å²) in [6, 6.07) is 7.42. The number of hydrogen-bond donors (Lipinski definition) is 1. The average Bonchev–Trinajstić information content (AvgIpc) is 2.46. The molecule has 20 heavy (non-hydrogen) atoms. The molecule has 0 saturated carbocycles. The normalized spacial score (nSPS) is 17.4. The van der Waals surface area contributed by atoms with Crippen molar-refractivity contribution in [3.63, 3.8) is 0 Å². The smallest absolute Gasteiger partial charge is 0.141 e. The van der Waals surface area contributed by atoms with Crippen LogP contribution in [0.4, 0.5) is 4.39 Å². The molecule has 0 fully saturated rings. The number of aromatic nitrogens is 1. The van der Waals surface area contributed by atoms with Crippen LogP contribution in [0, 0.1) is 5.82 Å². The standard InChI is InChI=1S/C17H18FNO/c1-17(20,15-9-16(18)11-19-10-15)14-7-6-12-4-2-3-5-13(12)8-14/h6-11,20H,2-5H2,1H3. The molecule has 3 rings (SSSR count). The van der Waals surface area contributed by atoms with E-state index >= 15 is 0 Å². The summed E-state index contributed by atoms with van der Waals surface area (Å²) in [4.78, 5) is 3.83. The van der Waals surface area contributed by atoms with E-state index in [0.29, 0.717) is 5.56 Å². The second kappa shape index (κ2) is 4.98. The van der Waals surface area contributed by atoms with Gasteiger partial charge in [-0.05, 0) is 55.4 Å². The van der Waals surface area contributed by atoms with Crippen molar-refractivity contribution in [3.8, 4) is 0 Å². The highest BCUT2D eigenvalue weighted by atomic mass is 19.1. The first-order valence-electron chi connectivity index (χ1n) is 7.03. The van der Waals surface area contributed by atoms with Crippen LogP contribution in [-0.2, 0) is 18.4 Å². The number of benzene rings is 1. The van der Waals surface area contributed by atoms with Gasteiger partial charge >= 0.3 is 0 Å². The van der Waals surface area contributed by atoms with Crippen LogP contribution in [0.3, 0.4) is 0 Å². The second-order valence-corrected chi connectivity index (χ2v) is 5.65. The summed E-state index contributed by atoms with van der Waals surface area (Å²) in [7, 11) is 0. The third kappa shape index (κ3) is 2.34. The Bertz CT molecular complexity index is 637. The van der Waals surface area contributed by atoms with Crippen LogP contribution in [0.5, 0.6) is 0 Å². The van der Waals surface area contributed by atoms with E-state index < -0.39 is 11.4 Å². The van der Waals surface area contributed by atoms with Crippen molar-refractivity contribution in [3.05, 3.63) is 64.7 Å². The Labute approximate surface area is 118 Å². The Morgan fingerprint density at radius 3 is 2.55 bits per heavy atom. The Morgan fingerprint density at radius 1 is 1.05 bits per heavy atom. The van der Waals surface area contributed by atoms with Crippen molar-refractivity contribution in [1.29, 1.82) is 0 Å². The third-order valence-corrected chi connectivity index (χ3v) is 4.18. The van der Waals surface area contributed by atoms with Crippen molar-refractivity contribution >= 4 is 0 Å². The van der Waals surface area contributed by atoms with E-state index in [9.17, 15) is 9.50 Å².